The molecule has 1 saturated heterocycles. The zero-order valence-electron chi connectivity index (χ0n) is 20.3. The predicted octanol–water partition coefficient (Wildman–Crippen LogP) is 5.40. The zero-order valence-corrected chi connectivity index (χ0v) is 20.3. The Labute approximate surface area is 210 Å². The second-order valence-corrected chi connectivity index (χ2v) is 8.43. The van der Waals surface area contributed by atoms with Crippen LogP contribution in [0, 0.1) is 0 Å². The summed E-state index contributed by atoms with van der Waals surface area (Å²) in [5.41, 5.74) is 1.74. The van der Waals surface area contributed by atoms with Crippen molar-refractivity contribution in [3.8, 4) is 23.0 Å². The van der Waals surface area contributed by atoms with Crippen molar-refractivity contribution in [3.05, 3.63) is 79.1 Å². The van der Waals surface area contributed by atoms with Crippen LogP contribution in [-0.4, -0.2) is 56.3 Å². The van der Waals surface area contributed by atoms with Gasteiger partial charge in [-0.2, -0.15) is 0 Å². The van der Waals surface area contributed by atoms with Crippen molar-refractivity contribution in [2.24, 2.45) is 0 Å². The molecule has 2 heterocycles. The summed E-state index contributed by atoms with van der Waals surface area (Å²) < 4.78 is 16.7. The van der Waals surface area contributed by atoms with Crippen LogP contribution in [0.3, 0.4) is 0 Å². The minimum atomic E-state index is -0.117. The number of anilines is 2. The first kappa shape index (κ1) is 23.3. The van der Waals surface area contributed by atoms with Gasteiger partial charge in [0.2, 0.25) is 0 Å². The van der Waals surface area contributed by atoms with Crippen molar-refractivity contribution >= 4 is 28.2 Å². The minimum absolute atomic E-state index is 0.117. The standard InChI is InChI=1S/C28H28N4O4/c1-34-26-16-20-18-29-19-25(24(20)17-27(26)35-2)31-12-14-32(15-13-31)28(33)30-21-8-10-23(11-9-21)36-22-6-4-3-5-7-22/h3-11,16-19H,12-15H2,1-2H3,(H,30,33). The molecule has 0 radical (unpaired) electrons. The highest BCUT2D eigenvalue weighted by atomic mass is 16.5. The van der Waals surface area contributed by atoms with Gasteiger partial charge in [-0.25, -0.2) is 4.79 Å². The van der Waals surface area contributed by atoms with E-state index < -0.39 is 0 Å². The molecule has 0 spiro atoms. The number of amides is 2. The van der Waals surface area contributed by atoms with E-state index in [9.17, 15) is 4.79 Å². The number of fused-ring (bicyclic) bond motifs is 1. The Morgan fingerprint density at radius 2 is 1.50 bits per heavy atom. The molecule has 1 aromatic heterocycles. The van der Waals surface area contributed by atoms with E-state index in [1.165, 1.54) is 0 Å². The number of benzene rings is 3. The van der Waals surface area contributed by atoms with Crippen molar-refractivity contribution in [1.82, 2.24) is 9.88 Å². The van der Waals surface area contributed by atoms with Crippen molar-refractivity contribution in [1.29, 1.82) is 0 Å². The molecule has 4 aromatic rings. The molecule has 0 aliphatic carbocycles. The van der Waals surface area contributed by atoms with Gasteiger partial charge in [0.05, 0.1) is 26.1 Å². The van der Waals surface area contributed by atoms with E-state index in [-0.39, 0.29) is 6.03 Å². The molecule has 5 rings (SSSR count). The number of carbonyl (C=O) groups is 1. The zero-order chi connectivity index (χ0) is 24.9. The fraction of sp³-hybridized carbons (Fsp3) is 0.214. The summed E-state index contributed by atoms with van der Waals surface area (Å²) in [5.74, 6) is 2.83. The molecule has 1 N–H and O–H groups in total. The number of pyridine rings is 1. The van der Waals surface area contributed by atoms with E-state index in [4.69, 9.17) is 14.2 Å². The third-order valence-electron chi connectivity index (χ3n) is 6.23. The third-order valence-corrected chi connectivity index (χ3v) is 6.23. The lowest BCUT2D eigenvalue weighted by Crippen LogP contribution is -2.50. The van der Waals surface area contributed by atoms with Gasteiger partial charge in [-0.05, 0) is 48.5 Å². The molecule has 36 heavy (non-hydrogen) atoms. The highest BCUT2D eigenvalue weighted by Gasteiger charge is 2.23. The first-order valence-corrected chi connectivity index (χ1v) is 11.8. The molecule has 1 aliphatic heterocycles. The largest absolute Gasteiger partial charge is 0.493 e. The molecule has 8 nitrogen and oxygen atoms in total. The molecule has 2 amide bonds. The number of urea groups is 1. The highest BCUT2D eigenvalue weighted by Crippen LogP contribution is 2.36. The predicted molar refractivity (Wildman–Crippen MR) is 141 cm³/mol. The quantitative estimate of drug-likeness (QED) is 0.395. The number of ether oxygens (including phenoxy) is 3. The number of nitrogens with zero attached hydrogens (tertiary/aromatic N) is 3. The number of nitrogens with one attached hydrogen (secondary N) is 1. The summed E-state index contributed by atoms with van der Waals surface area (Å²) in [6.07, 6.45) is 3.68. The lowest BCUT2D eigenvalue weighted by atomic mass is 10.1. The molecule has 1 aliphatic rings. The van der Waals surface area contributed by atoms with Crippen LogP contribution < -0.4 is 24.4 Å². The van der Waals surface area contributed by atoms with Gasteiger partial charge < -0.3 is 29.3 Å². The first-order valence-electron chi connectivity index (χ1n) is 11.8. The molecule has 0 bridgehead atoms. The Bertz CT molecular complexity index is 1340. The van der Waals surface area contributed by atoms with Crippen LogP contribution in [0.5, 0.6) is 23.0 Å². The first-order chi connectivity index (χ1) is 17.6. The minimum Gasteiger partial charge on any atom is -0.493 e. The number of aromatic nitrogens is 1. The van der Waals surface area contributed by atoms with Gasteiger partial charge in [0, 0.05) is 48.8 Å². The van der Waals surface area contributed by atoms with Gasteiger partial charge in [-0.15, -0.1) is 0 Å². The number of para-hydroxylation sites is 1. The second kappa shape index (κ2) is 10.4. The topological polar surface area (TPSA) is 76.2 Å². The summed E-state index contributed by atoms with van der Waals surface area (Å²) in [4.78, 5) is 21.4. The smallest absolute Gasteiger partial charge is 0.321 e. The SMILES string of the molecule is COc1cc2cncc(N3CCN(C(=O)Nc4ccc(Oc5ccccc5)cc4)CC3)c2cc1OC. The van der Waals surface area contributed by atoms with Crippen LogP contribution >= 0.6 is 0 Å². The molecular weight excluding hydrogens is 456 g/mol. The summed E-state index contributed by atoms with van der Waals surface area (Å²) >= 11 is 0. The lowest BCUT2D eigenvalue weighted by molar-refractivity contribution is 0.208. The molecule has 0 unspecified atom stereocenters. The van der Waals surface area contributed by atoms with Gasteiger partial charge in [-0.1, -0.05) is 18.2 Å². The summed E-state index contributed by atoms with van der Waals surface area (Å²) in [5, 5.41) is 5.00. The average Bonchev–Trinajstić information content (AvgIpc) is 2.93. The molecule has 0 atom stereocenters. The molecule has 3 aromatic carbocycles. The van der Waals surface area contributed by atoms with Crippen LogP contribution in [0.2, 0.25) is 0 Å². The maximum Gasteiger partial charge on any atom is 0.321 e. The number of hydrogen-bond acceptors (Lipinski definition) is 6. The summed E-state index contributed by atoms with van der Waals surface area (Å²) in [7, 11) is 3.25. The van der Waals surface area contributed by atoms with Crippen LogP contribution in [0.25, 0.3) is 10.8 Å². The number of rotatable bonds is 6. The monoisotopic (exact) mass is 484 g/mol. The van der Waals surface area contributed by atoms with Gasteiger partial charge >= 0.3 is 6.03 Å². The molecule has 184 valence electrons. The van der Waals surface area contributed by atoms with Crippen LogP contribution in [-0.2, 0) is 0 Å². The Kier molecular flexibility index (Phi) is 6.75. The Morgan fingerprint density at radius 1 is 0.833 bits per heavy atom. The van der Waals surface area contributed by atoms with E-state index in [0.29, 0.717) is 43.4 Å². The third kappa shape index (κ3) is 4.98. The van der Waals surface area contributed by atoms with Crippen molar-refractivity contribution in [2.45, 2.75) is 0 Å². The van der Waals surface area contributed by atoms with Gasteiger partial charge in [-0.3, -0.25) is 4.98 Å². The Morgan fingerprint density at radius 3 is 2.19 bits per heavy atom. The van der Waals surface area contributed by atoms with Crippen molar-refractivity contribution < 1.29 is 19.0 Å². The van der Waals surface area contributed by atoms with E-state index in [1.54, 1.807) is 14.2 Å². The normalized spacial score (nSPS) is 13.4. The van der Waals surface area contributed by atoms with E-state index >= 15 is 0 Å². The molecule has 0 saturated carbocycles. The molecule has 8 heteroatoms. The fourth-order valence-corrected chi connectivity index (χ4v) is 4.32. The molecular formula is C28H28N4O4. The van der Waals surface area contributed by atoms with E-state index in [1.807, 2.05) is 84.0 Å². The molecule has 1 fully saturated rings. The number of carbonyl (C=O) groups excluding carboxylic acids is 1. The van der Waals surface area contributed by atoms with Gasteiger partial charge in [0.25, 0.3) is 0 Å². The van der Waals surface area contributed by atoms with E-state index in [0.717, 1.165) is 27.9 Å². The van der Waals surface area contributed by atoms with Crippen LogP contribution in [0.4, 0.5) is 16.2 Å². The number of hydrogen-bond donors (Lipinski definition) is 1. The second-order valence-electron chi connectivity index (χ2n) is 8.43. The van der Waals surface area contributed by atoms with Gasteiger partial charge in [0.15, 0.2) is 11.5 Å². The number of piperazine rings is 1. The maximum absolute atomic E-state index is 12.9. The highest BCUT2D eigenvalue weighted by molar-refractivity contribution is 5.96. The Balaban J connectivity index is 1.21. The summed E-state index contributed by atoms with van der Waals surface area (Å²) in [6, 6.07) is 20.8. The van der Waals surface area contributed by atoms with Gasteiger partial charge in [0.1, 0.15) is 11.5 Å². The fourth-order valence-electron chi connectivity index (χ4n) is 4.32. The summed E-state index contributed by atoms with van der Waals surface area (Å²) in [6.45, 7) is 2.61. The van der Waals surface area contributed by atoms with Crippen molar-refractivity contribution in [2.75, 3.05) is 50.6 Å². The van der Waals surface area contributed by atoms with E-state index in [2.05, 4.69) is 15.2 Å². The Hall–Kier alpha value is -4.46. The average molecular weight is 485 g/mol. The maximum atomic E-state index is 12.9. The van der Waals surface area contributed by atoms with Crippen LogP contribution in [0.1, 0.15) is 0 Å². The van der Waals surface area contributed by atoms with Crippen LogP contribution in [0.15, 0.2) is 79.1 Å². The lowest BCUT2D eigenvalue weighted by Gasteiger charge is -2.36. The number of methoxy groups -OCH3 is 2. The van der Waals surface area contributed by atoms with Crippen molar-refractivity contribution in [3.63, 3.8) is 0 Å².